The van der Waals surface area contributed by atoms with Crippen LogP contribution in [-0.2, 0) is 20.8 Å². The van der Waals surface area contributed by atoms with Gasteiger partial charge in [-0.3, -0.25) is 9.69 Å². The summed E-state index contributed by atoms with van der Waals surface area (Å²) in [6, 6.07) is 7.42. The summed E-state index contributed by atoms with van der Waals surface area (Å²) in [6.45, 7) is 5.45. The number of piperazine rings is 1. The average molecular weight is 391 g/mol. The van der Waals surface area contributed by atoms with Crippen molar-refractivity contribution in [3.05, 3.63) is 29.8 Å². The van der Waals surface area contributed by atoms with Gasteiger partial charge in [-0.15, -0.1) is 0 Å². The summed E-state index contributed by atoms with van der Waals surface area (Å²) < 4.78 is 17.1. The van der Waals surface area contributed by atoms with E-state index in [4.69, 9.17) is 14.2 Å². The molecule has 5 unspecified atom stereocenters. The third-order valence-electron chi connectivity index (χ3n) is 6.01. The van der Waals surface area contributed by atoms with E-state index >= 15 is 0 Å². The molecule has 154 valence electrons. The zero-order valence-electron chi connectivity index (χ0n) is 16.4. The van der Waals surface area contributed by atoms with E-state index in [9.17, 15) is 9.90 Å². The molecule has 5 atom stereocenters. The first-order chi connectivity index (χ1) is 13.6. The van der Waals surface area contributed by atoms with Crippen molar-refractivity contribution in [2.45, 2.75) is 44.1 Å². The number of nitrogens with zero attached hydrogens (tertiary/aromatic N) is 2. The zero-order valence-corrected chi connectivity index (χ0v) is 16.4. The minimum absolute atomic E-state index is 0.0938. The summed E-state index contributed by atoms with van der Waals surface area (Å²) >= 11 is 0. The maximum atomic E-state index is 11.6. The molecule has 1 amide bonds. The quantitative estimate of drug-likeness (QED) is 0.719. The minimum atomic E-state index is -0.603. The first kappa shape index (κ1) is 19.6. The van der Waals surface area contributed by atoms with Crippen molar-refractivity contribution in [1.29, 1.82) is 0 Å². The van der Waals surface area contributed by atoms with Crippen LogP contribution in [0.1, 0.15) is 12.5 Å². The maximum Gasteiger partial charge on any atom is 0.219 e. The van der Waals surface area contributed by atoms with Gasteiger partial charge in [-0.2, -0.15) is 0 Å². The predicted molar refractivity (Wildman–Crippen MR) is 102 cm³/mol. The molecule has 2 bridgehead atoms. The maximum absolute atomic E-state index is 11.6. The van der Waals surface area contributed by atoms with E-state index in [0.717, 1.165) is 11.3 Å². The van der Waals surface area contributed by atoms with Crippen molar-refractivity contribution in [2.75, 3.05) is 39.9 Å². The highest BCUT2D eigenvalue weighted by Gasteiger charge is 2.52. The number of hydrogen-bond acceptors (Lipinski definition) is 7. The van der Waals surface area contributed by atoms with Crippen molar-refractivity contribution in [3.63, 3.8) is 0 Å². The lowest BCUT2D eigenvalue weighted by Crippen LogP contribution is -2.66. The lowest BCUT2D eigenvalue weighted by molar-refractivity contribution is -0.186. The highest BCUT2D eigenvalue weighted by molar-refractivity contribution is 5.73. The normalized spacial score (nSPS) is 33.1. The summed E-state index contributed by atoms with van der Waals surface area (Å²) in [5, 5.41) is 14.6. The number of amides is 1. The van der Waals surface area contributed by atoms with Gasteiger partial charge < -0.3 is 29.5 Å². The lowest BCUT2D eigenvalue weighted by Gasteiger charge is -2.46. The summed E-state index contributed by atoms with van der Waals surface area (Å²) in [4.78, 5) is 15.6. The molecule has 1 aromatic carbocycles. The number of hydrogen-bond donors (Lipinski definition) is 2. The van der Waals surface area contributed by atoms with Gasteiger partial charge in [0.2, 0.25) is 5.91 Å². The number of nitrogens with one attached hydrogen (secondary N) is 1. The van der Waals surface area contributed by atoms with E-state index in [0.29, 0.717) is 39.3 Å². The molecule has 3 heterocycles. The van der Waals surface area contributed by atoms with Gasteiger partial charge in [-0.05, 0) is 17.7 Å². The Labute approximate surface area is 165 Å². The number of ether oxygens (including phenoxy) is 3. The Morgan fingerprint density at radius 2 is 1.96 bits per heavy atom. The molecule has 28 heavy (non-hydrogen) atoms. The van der Waals surface area contributed by atoms with Crippen molar-refractivity contribution >= 4 is 5.91 Å². The van der Waals surface area contributed by atoms with Crippen LogP contribution in [0.2, 0.25) is 0 Å². The van der Waals surface area contributed by atoms with Crippen LogP contribution in [0.25, 0.3) is 0 Å². The summed E-state index contributed by atoms with van der Waals surface area (Å²) in [7, 11) is 1.65. The number of methoxy groups -OCH3 is 1. The van der Waals surface area contributed by atoms with Crippen LogP contribution in [0, 0.1) is 0 Å². The fourth-order valence-corrected chi connectivity index (χ4v) is 4.36. The number of fused-ring (bicyclic) bond motifs is 2. The fraction of sp³-hybridized carbons (Fsp3) is 0.650. The number of rotatable bonds is 5. The standard InChI is InChI=1S/C20H29N3O5/c1-13(24)22-7-9-23(10-8-22)18-19(25)17(16-12-27-20(18)28-16)21-11-14-3-5-15(26-2)6-4-14/h3-6,16-21,25H,7-12H2,1-2H3. The van der Waals surface area contributed by atoms with E-state index in [1.165, 1.54) is 0 Å². The fourth-order valence-electron chi connectivity index (χ4n) is 4.36. The van der Waals surface area contributed by atoms with Crippen LogP contribution in [-0.4, -0.2) is 91.3 Å². The zero-order chi connectivity index (χ0) is 19.7. The Morgan fingerprint density at radius 1 is 1.25 bits per heavy atom. The monoisotopic (exact) mass is 391 g/mol. The molecule has 3 aliphatic heterocycles. The number of aliphatic hydroxyl groups is 1. The molecule has 3 saturated heterocycles. The van der Waals surface area contributed by atoms with E-state index < -0.39 is 12.4 Å². The molecule has 3 aliphatic rings. The molecule has 0 saturated carbocycles. The van der Waals surface area contributed by atoms with Crippen LogP contribution in [0.15, 0.2) is 24.3 Å². The van der Waals surface area contributed by atoms with E-state index in [1.54, 1.807) is 14.0 Å². The topological polar surface area (TPSA) is 83.5 Å². The Morgan fingerprint density at radius 3 is 2.61 bits per heavy atom. The molecule has 1 aromatic rings. The largest absolute Gasteiger partial charge is 0.497 e. The molecule has 3 fully saturated rings. The number of benzene rings is 1. The van der Waals surface area contributed by atoms with Crippen LogP contribution in [0.3, 0.4) is 0 Å². The Hall–Kier alpha value is -1.71. The van der Waals surface area contributed by atoms with Gasteiger partial charge in [0.1, 0.15) is 11.9 Å². The minimum Gasteiger partial charge on any atom is -0.497 e. The molecule has 8 heteroatoms. The Bertz CT molecular complexity index is 677. The molecule has 0 aliphatic carbocycles. The van der Waals surface area contributed by atoms with Crippen molar-refractivity contribution < 1.29 is 24.1 Å². The number of carbonyl (C=O) groups excluding carboxylic acids is 1. The van der Waals surface area contributed by atoms with E-state index in [-0.39, 0.29) is 24.1 Å². The molecule has 0 spiro atoms. The van der Waals surface area contributed by atoms with E-state index in [2.05, 4.69) is 10.2 Å². The Kier molecular flexibility index (Phi) is 5.84. The summed E-state index contributed by atoms with van der Waals surface area (Å²) in [6.07, 6.45) is -1.18. The molecular weight excluding hydrogens is 362 g/mol. The van der Waals surface area contributed by atoms with Gasteiger partial charge in [-0.25, -0.2) is 0 Å². The molecule has 8 nitrogen and oxygen atoms in total. The van der Waals surface area contributed by atoms with Crippen LogP contribution >= 0.6 is 0 Å². The molecule has 0 radical (unpaired) electrons. The van der Waals surface area contributed by atoms with Gasteiger partial charge in [-0.1, -0.05) is 12.1 Å². The predicted octanol–water partition coefficient (Wildman–Crippen LogP) is -0.198. The second kappa shape index (κ2) is 8.34. The van der Waals surface area contributed by atoms with Gasteiger partial charge in [0.25, 0.3) is 0 Å². The van der Waals surface area contributed by atoms with Gasteiger partial charge in [0.05, 0.1) is 31.9 Å². The molecule has 0 aromatic heterocycles. The molecule has 4 rings (SSSR count). The Balaban J connectivity index is 1.40. The van der Waals surface area contributed by atoms with Crippen molar-refractivity contribution in [2.24, 2.45) is 0 Å². The van der Waals surface area contributed by atoms with Gasteiger partial charge in [0, 0.05) is 39.6 Å². The smallest absolute Gasteiger partial charge is 0.219 e. The summed E-state index contributed by atoms with van der Waals surface area (Å²) in [5.74, 6) is 0.915. The third-order valence-corrected chi connectivity index (χ3v) is 6.01. The highest BCUT2D eigenvalue weighted by atomic mass is 16.7. The first-order valence-electron chi connectivity index (χ1n) is 9.88. The van der Waals surface area contributed by atoms with Crippen LogP contribution < -0.4 is 10.1 Å². The first-order valence-corrected chi connectivity index (χ1v) is 9.88. The number of aliphatic hydroxyl groups excluding tert-OH is 1. The summed E-state index contributed by atoms with van der Waals surface area (Å²) in [5.41, 5.74) is 1.11. The average Bonchev–Trinajstić information content (AvgIpc) is 3.13. The number of carbonyl (C=O) groups is 1. The van der Waals surface area contributed by atoms with Crippen molar-refractivity contribution in [1.82, 2.24) is 15.1 Å². The highest BCUT2D eigenvalue weighted by Crippen LogP contribution is 2.32. The molecule has 2 N–H and O–H groups in total. The lowest BCUT2D eigenvalue weighted by atomic mass is 9.94. The SMILES string of the molecule is COc1ccc(CNC2C3COC(O3)C(N3CCN(C(C)=O)CC3)C2O)cc1. The second-order valence-electron chi connectivity index (χ2n) is 7.65. The van der Waals surface area contributed by atoms with Gasteiger partial charge in [0.15, 0.2) is 6.29 Å². The third kappa shape index (κ3) is 3.88. The second-order valence-corrected chi connectivity index (χ2v) is 7.65. The van der Waals surface area contributed by atoms with Gasteiger partial charge >= 0.3 is 0 Å². The van der Waals surface area contributed by atoms with E-state index in [1.807, 2.05) is 29.2 Å². The van der Waals surface area contributed by atoms with Crippen molar-refractivity contribution in [3.8, 4) is 5.75 Å². The van der Waals surface area contributed by atoms with Crippen LogP contribution in [0.5, 0.6) is 5.75 Å². The van der Waals surface area contributed by atoms with Crippen LogP contribution in [0.4, 0.5) is 0 Å². The molecular formula is C20H29N3O5.